The van der Waals surface area contributed by atoms with Gasteiger partial charge in [0.05, 0.1) is 11.9 Å². The molecule has 0 aromatic carbocycles. The lowest BCUT2D eigenvalue weighted by Crippen LogP contribution is -2.34. The second-order valence-corrected chi connectivity index (χ2v) is 5.11. The zero-order chi connectivity index (χ0) is 13.2. The van der Waals surface area contributed by atoms with E-state index in [0.717, 1.165) is 12.1 Å². The number of carbonyl (C=O) groups excluding carboxylic acids is 2. The second-order valence-electron chi connectivity index (χ2n) is 5.11. The first-order valence-corrected chi connectivity index (χ1v) is 6.68. The van der Waals surface area contributed by atoms with Crippen molar-refractivity contribution < 1.29 is 9.59 Å². The molecule has 1 saturated heterocycles. The summed E-state index contributed by atoms with van der Waals surface area (Å²) in [6.45, 7) is 1.30. The van der Waals surface area contributed by atoms with Crippen molar-refractivity contribution in [2.24, 2.45) is 0 Å². The van der Waals surface area contributed by atoms with Gasteiger partial charge in [-0.15, -0.1) is 5.10 Å². The van der Waals surface area contributed by atoms with Crippen LogP contribution in [0.4, 0.5) is 0 Å². The summed E-state index contributed by atoms with van der Waals surface area (Å²) in [5.41, 5.74) is 0.826. The van der Waals surface area contributed by atoms with Gasteiger partial charge in [0.25, 0.3) is 5.91 Å². The summed E-state index contributed by atoms with van der Waals surface area (Å²) in [6, 6.07) is 0.619. The van der Waals surface area contributed by atoms with E-state index < -0.39 is 0 Å². The smallest absolute Gasteiger partial charge is 0.250 e. The van der Waals surface area contributed by atoms with E-state index in [4.69, 9.17) is 0 Å². The van der Waals surface area contributed by atoms with Crippen molar-refractivity contribution in [3.05, 3.63) is 11.9 Å². The number of carbonyl (C=O) groups is 2. The van der Waals surface area contributed by atoms with Gasteiger partial charge < -0.3 is 5.32 Å². The van der Waals surface area contributed by atoms with Gasteiger partial charge in [0.1, 0.15) is 6.54 Å². The van der Waals surface area contributed by atoms with Crippen molar-refractivity contribution in [2.45, 2.75) is 44.8 Å². The fraction of sp³-hybridized carbons (Fsp3) is 0.667. The van der Waals surface area contributed by atoms with Crippen LogP contribution in [0.2, 0.25) is 0 Å². The molecule has 1 saturated carbocycles. The molecular formula is C12H17N5O2. The average Bonchev–Trinajstić information content (AvgIpc) is 2.95. The van der Waals surface area contributed by atoms with Crippen molar-refractivity contribution in [1.29, 1.82) is 0 Å². The van der Waals surface area contributed by atoms with Gasteiger partial charge >= 0.3 is 0 Å². The molecule has 0 bridgehead atoms. The predicted octanol–water partition coefficient (Wildman–Crippen LogP) is -0.321. The Hall–Kier alpha value is -1.76. The first-order valence-electron chi connectivity index (χ1n) is 6.68. The van der Waals surface area contributed by atoms with Crippen LogP contribution >= 0.6 is 0 Å². The Labute approximate surface area is 110 Å². The Kier molecular flexibility index (Phi) is 3.29. The molecule has 1 aliphatic heterocycles. The maximum Gasteiger partial charge on any atom is 0.250 e. The minimum Gasteiger partial charge on any atom is -0.308 e. The van der Waals surface area contributed by atoms with Crippen LogP contribution in [0.25, 0.3) is 0 Å². The molecule has 1 aromatic heterocycles. The zero-order valence-corrected chi connectivity index (χ0v) is 10.7. The first-order chi connectivity index (χ1) is 9.22. The van der Waals surface area contributed by atoms with Crippen molar-refractivity contribution >= 4 is 11.8 Å². The number of hydrogen-bond donors (Lipinski definition) is 1. The SMILES string of the molecule is O=C1CCCN1C(=O)Cn1cc(CNC2CC2)nn1. The van der Waals surface area contributed by atoms with Crippen LogP contribution in [0.15, 0.2) is 6.20 Å². The molecule has 2 fully saturated rings. The van der Waals surface area contributed by atoms with E-state index in [9.17, 15) is 9.59 Å². The standard InChI is InChI=1S/C12H17N5O2/c18-11-2-1-5-17(11)12(19)8-16-7-10(14-15-16)6-13-9-3-4-9/h7,9,13H,1-6,8H2. The second kappa shape index (κ2) is 5.08. The minimum absolute atomic E-state index is 0.0826. The van der Waals surface area contributed by atoms with E-state index in [2.05, 4.69) is 15.6 Å². The van der Waals surface area contributed by atoms with E-state index in [1.165, 1.54) is 22.4 Å². The molecule has 2 heterocycles. The molecule has 1 aliphatic carbocycles. The highest BCUT2D eigenvalue weighted by molar-refractivity contribution is 5.96. The van der Waals surface area contributed by atoms with Crippen LogP contribution in [0.5, 0.6) is 0 Å². The van der Waals surface area contributed by atoms with Gasteiger partial charge in [0.15, 0.2) is 0 Å². The Morgan fingerprint density at radius 1 is 1.47 bits per heavy atom. The van der Waals surface area contributed by atoms with Gasteiger partial charge in [0.2, 0.25) is 5.91 Å². The third-order valence-electron chi connectivity index (χ3n) is 3.41. The maximum atomic E-state index is 11.9. The molecule has 102 valence electrons. The van der Waals surface area contributed by atoms with E-state index in [1.807, 2.05) is 0 Å². The molecule has 0 spiro atoms. The molecule has 3 rings (SSSR count). The first kappa shape index (κ1) is 12.3. The van der Waals surface area contributed by atoms with Gasteiger partial charge in [-0.25, -0.2) is 4.68 Å². The van der Waals surface area contributed by atoms with Crippen LogP contribution in [-0.2, 0) is 22.7 Å². The predicted molar refractivity (Wildman–Crippen MR) is 65.8 cm³/mol. The molecule has 2 aliphatic rings. The van der Waals surface area contributed by atoms with E-state index >= 15 is 0 Å². The molecule has 0 radical (unpaired) electrons. The van der Waals surface area contributed by atoms with Crippen molar-refractivity contribution in [3.63, 3.8) is 0 Å². The number of nitrogens with one attached hydrogen (secondary N) is 1. The van der Waals surface area contributed by atoms with Crippen LogP contribution in [-0.4, -0.2) is 44.3 Å². The lowest BCUT2D eigenvalue weighted by molar-refractivity contribution is -0.142. The number of rotatable bonds is 5. The number of nitrogens with zero attached hydrogens (tertiary/aromatic N) is 4. The lowest BCUT2D eigenvalue weighted by Gasteiger charge is -2.12. The number of likely N-dealkylation sites (tertiary alicyclic amines) is 1. The monoisotopic (exact) mass is 263 g/mol. The topological polar surface area (TPSA) is 80.1 Å². The van der Waals surface area contributed by atoms with E-state index in [-0.39, 0.29) is 18.4 Å². The molecular weight excluding hydrogens is 246 g/mol. The summed E-state index contributed by atoms with van der Waals surface area (Å²) in [6.07, 6.45) is 5.44. The highest BCUT2D eigenvalue weighted by atomic mass is 16.2. The Balaban J connectivity index is 1.53. The number of aromatic nitrogens is 3. The third-order valence-corrected chi connectivity index (χ3v) is 3.41. The molecule has 7 nitrogen and oxygen atoms in total. The maximum absolute atomic E-state index is 11.9. The Morgan fingerprint density at radius 3 is 3.00 bits per heavy atom. The van der Waals surface area contributed by atoms with Gasteiger partial charge in [-0.2, -0.15) is 0 Å². The van der Waals surface area contributed by atoms with Gasteiger partial charge in [-0.1, -0.05) is 5.21 Å². The van der Waals surface area contributed by atoms with Crippen LogP contribution in [0, 0.1) is 0 Å². The fourth-order valence-corrected chi connectivity index (χ4v) is 2.17. The van der Waals surface area contributed by atoms with Crippen LogP contribution < -0.4 is 5.32 Å². The highest BCUT2D eigenvalue weighted by Gasteiger charge is 2.26. The quantitative estimate of drug-likeness (QED) is 0.787. The number of amides is 2. The third kappa shape index (κ3) is 2.98. The van der Waals surface area contributed by atoms with Crippen molar-refractivity contribution in [1.82, 2.24) is 25.2 Å². The van der Waals surface area contributed by atoms with Gasteiger partial charge in [-0.05, 0) is 19.3 Å². The Morgan fingerprint density at radius 2 is 2.32 bits per heavy atom. The number of imide groups is 1. The molecule has 19 heavy (non-hydrogen) atoms. The summed E-state index contributed by atoms with van der Waals surface area (Å²) in [4.78, 5) is 24.7. The van der Waals surface area contributed by atoms with Gasteiger partial charge in [-0.3, -0.25) is 14.5 Å². The summed E-state index contributed by atoms with van der Waals surface area (Å²) < 4.78 is 1.50. The minimum atomic E-state index is -0.200. The fourth-order valence-electron chi connectivity index (χ4n) is 2.17. The van der Waals surface area contributed by atoms with Crippen molar-refractivity contribution in [3.8, 4) is 0 Å². The summed E-state index contributed by atoms with van der Waals surface area (Å²) in [5.74, 6) is -0.283. The molecule has 0 unspecified atom stereocenters. The Bertz CT molecular complexity index is 494. The highest BCUT2D eigenvalue weighted by Crippen LogP contribution is 2.18. The van der Waals surface area contributed by atoms with E-state index in [0.29, 0.717) is 25.6 Å². The van der Waals surface area contributed by atoms with Crippen molar-refractivity contribution in [2.75, 3.05) is 6.54 Å². The molecule has 2 amide bonds. The van der Waals surface area contributed by atoms with Crippen LogP contribution in [0.3, 0.4) is 0 Å². The van der Waals surface area contributed by atoms with Gasteiger partial charge in [0, 0.05) is 25.6 Å². The molecule has 0 atom stereocenters. The van der Waals surface area contributed by atoms with E-state index in [1.54, 1.807) is 6.20 Å². The largest absolute Gasteiger partial charge is 0.308 e. The molecule has 1 N–H and O–H groups in total. The average molecular weight is 263 g/mol. The lowest BCUT2D eigenvalue weighted by atomic mass is 10.4. The molecule has 7 heteroatoms. The normalized spacial score (nSPS) is 19.2. The molecule has 1 aromatic rings. The summed E-state index contributed by atoms with van der Waals surface area (Å²) in [5, 5.41) is 11.3. The summed E-state index contributed by atoms with van der Waals surface area (Å²) >= 11 is 0. The zero-order valence-electron chi connectivity index (χ0n) is 10.7. The summed E-state index contributed by atoms with van der Waals surface area (Å²) in [7, 11) is 0. The number of hydrogen-bond acceptors (Lipinski definition) is 5. The van der Waals surface area contributed by atoms with Crippen LogP contribution in [0.1, 0.15) is 31.4 Å².